The van der Waals surface area contributed by atoms with Gasteiger partial charge in [0.05, 0.1) is 13.2 Å². The van der Waals surface area contributed by atoms with Crippen LogP contribution in [0.2, 0.25) is 0 Å². The molecule has 0 aliphatic rings. The molecule has 0 saturated heterocycles. The number of benzene rings is 2. The minimum absolute atomic E-state index is 0.0504. The Morgan fingerprint density at radius 1 is 0.968 bits per heavy atom. The van der Waals surface area contributed by atoms with E-state index in [1.54, 1.807) is 11.3 Å². The number of carbonyl (C=O) groups is 1. The number of amides is 1. The Morgan fingerprint density at radius 2 is 1.71 bits per heavy atom. The average molecular weight is 434 g/mol. The van der Waals surface area contributed by atoms with Gasteiger partial charge in [-0.25, -0.2) is 0 Å². The van der Waals surface area contributed by atoms with Crippen LogP contribution in [0.15, 0.2) is 75.9 Å². The fraction of sp³-hybridized carbons (Fsp3) is 0.208. The van der Waals surface area contributed by atoms with Gasteiger partial charge in [-0.3, -0.25) is 4.79 Å². The number of aryl methyl sites for hydroxylation is 1. The summed E-state index contributed by atoms with van der Waals surface area (Å²) in [6.07, 6.45) is 0.720. The molecule has 0 radical (unpaired) electrons. The third kappa shape index (κ3) is 6.34. The number of hydrogen-bond acceptors (Lipinski definition) is 6. The topological polar surface area (TPSA) is 77.2 Å². The SMILES string of the molecule is O=C(CCc1nc(-c2ccsc2)no1)NCc1ccc(COCc2ccccc2)cc1. The fourth-order valence-electron chi connectivity index (χ4n) is 2.99. The van der Waals surface area contributed by atoms with Gasteiger partial charge in [-0.15, -0.1) is 0 Å². The van der Waals surface area contributed by atoms with Crippen LogP contribution in [0.25, 0.3) is 11.4 Å². The Hall–Kier alpha value is -3.29. The van der Waals surface area contributed by atoms with Gasteiger partial charge in [0, 0.05) is 30.3 Å². The Labute approximate surface area is 184 Å². The number of nitrogens with zero attached hydrogens (tertiary/aromatic N) is 2. The lowest BCUT2D eigenvalue weighted by atomic mass is 10.1. The lowest BCUT2D eigenvalue weighted by Crippen LogP contribution is -2.23. The maximum Gasteiger partial charge on any atom is 0.227 e. The molecule has 4 rings (SSSR count). The van der Waals surface area contributed by atoms with Crippen LogP contribution < -0.4 is 5.32 Å². The first kappa shape index (κ1) is 21.0. The van der Waals surface area contributed by atoms with E-state index in [1.807, 2.05) is 71.4 Å². The molecule has 0 aliphatic carbocycles. The molecular weight excluding hydrogens is 410 g/mol. The minimum atomic E-state index is -0.0504. The van der Waals surface area contributed by atoms with Gasteiger partial charge in [0.15, 0.2) is 0 Å². The molecule has 7 heteroatoms. The number of ether oxygens (including phenoxy) is 1. The van der Waals surface area contributed by atoms with Gasteiger partial charge in [-0.2, -0.15) is 16.3 Å². The molecule has 1 N–H and O–H groups in total. The minimum Gasteiger partial charge on any atom is -0.372 e. The molecule has 0 saturated carbocycles. The van der Waals surface area contributed by atoms with Gasteiger partial charge in [0.25, 0.3) is 0 Å². The summed E-state index contributed by atoms with van der Waals surface area (Å²) < 4.78 is 11.0. The molecule has 31 heavy (non-hydrogen) atoms. The molecule has 0 atom stereocenters. The van der Waals surface area contributed by atoms with Gasteiger partial charge in [0.2, 0.25) is 17.6 Å². The molecule has 2 aromatic heterocycles. The third-order valence-electron chi connectivity index (χ3n) is 4.71. The Bertz CT molecular complexity index is 1080. The number of nitrogens with one attached hydrogen (secondary N) is 1. The Morgan fingerprint density at radius 3 is 2.45 bits per heavy atom. The van der Waals surface area contributed by atoms with E-state index in [0.717, 1.165) is 22.3 Å². The second-order valence-corrected chi connectivity index (χ2v) is 7.88. The van der Waals surface area contributed by atoms with Crippen LogP contribution in [0.5, 0.6) is 0 Å². The predicted octanol–water partition coefficient (Wildman–Crippen LogP) is 4.76. The normalized spacial score (nSPS) is 10.8. The van der Waals surface area contributed by atoms with E-state index in [1.165, 1.54) is 0 Å². The first-order valence-electron chi connectivity index (χ1n) is 10.1. The van der Waals surface area contributed by atoms with Gasteiger partial charge in [0.1, 0.15) is 0 Å². The molecular formula is C24H23N3O3S. The number of rotatable bonds is 10. The monoisotopic (exact) mass is 433 g/mol. The van der Waals surface area contributed by atoms with Crippen molar-refractivity contribution in [2.75, 3.05) is 0 Å². The lowest BCUT2D eigenvalue weighted by molar-refractivity contribution is -0.121. The van der Waals surface area contributed by atoms with Crippen molar-refractivity contribution in [2.24, 2.45) is 0 Å². The smallest absolute Gasteiger partial charge is 0.227 e. The highest BCUT2D eigenvalue weighted by molar-refractivity contribution is 7.08. The van der Waals surface area contributed by atoms with E-state index in [-0.39, 0.29) is 5.91 Å². The van der Waals surface area contributed by atoms with E-state index in [0.29, 0.717) is 44.3 Å². The number of thiophene rings is 1. The fourth-order valence-corrected chi connectivity index (χ4v) is 3.62. The maximum absolute atomic E-state index is 12.1. The van der Waals surface area contributed by atoms with Crippen molar-refractivity contribution in [3.63, 3.8) is 0 Å². The summed E-state index contributed by atoms with van der Waals surface area (Å²) >= 11 is 1.58. The van der Waals surface area contributed by atoms with Crippen molar-refractivity contribution >= 4 is 17.2 Å². The van der Waals surface area contributed by atoms with Gasteiger partial charge in [-0.1, -0.05) is 59.8 Å². The van der Waals surface area contributed by atoms with Crippen molar-refractivity contribution in [3.8, 4) is 11.4 Å². The van der Waals surface area contributed by atoms with E-state index < -0.39 is 0 Å². The highest BCUT2D eigenvalue weighted by Crippen LogP contribution is 2.19. The zero-order valence-corrected chi connectivity index (χ0v) is 17.8. The summed E-state index contributed by atoms with van der Waals surface area (Å²) in [6, 6.07) is 20.1. The van der Waals surface area contributed by atoms with E-state index in [9.17, 15) is 4.79 Å². The summed E-state index contributed by atoms with van der Waals surface area (Å²) in [5.74, 6) is 0.978. The predicted molar refractivity (Wildman–Crippen MR) is 119 cm³/mol. The molecule has 0 bridgehead atoms. The van der Waals surface area contributed by atoms with Crippen LogP contribution in [0, 0.1) is 0 Å². The van der Waals surface area contributed by atoms with Gasteiger partial charge >= 0.3 is 0 Å². The van der Waals surface area contributed by atoms with Gasteiger partial charge in [-0.05, 0) is 28.1 Å². The van der Waals surface area contributed by atoms with Crippen LogP contribution >= 0.6 is 11.3 Å². The molecule has 2 heterocycles. The standard InChI is InChI=1S/C24H23N3O3S/c28-22(10-11-23-26-24(27-30-23)21-12-13-31-17-21)25-14-18-6-8-20(9-7-18)16-29-15-19-4-2-1-3-5-19/h1-9,12-13,17H,10-11,14-16H2,(H,25,28). The van der Waals surface area contributed by atoms with Crippen LogP contribution in [-0.4, -0.2) is 16.0 Å². The van der Waals surface area contributed by atoms with Crippen LogP contribution in [0.1, 0.15) is 29.0 Å². The van der Waals surface area contributed by atoms with Crippen LogP contribution in [-0.2, 0) is 35.7 Å². The lowest BCUT2D eigenvalue weighted by Gasteiger charge is -2.07. The average Bonchev–Trinajstić information content (AvgIpc) is 3.50. The molecule has 0 fully saturated rings. The van der Waals surface area contributed by atoms with Crippen molar-refractivity contribution in [1.29, 1.82) is 0 Å². The van der Waals surface area contributed by atoms with E-state index >= 15 is 0 Å². The van der Waals surface area contributed by atoms with Crippen molar-refractivity contribution < 1.29 is 14.1 Å². The number of hydrogen-bond donors (Lipinski definition) is 1. The molecule has 158 valence electrons. The second-order valence-electron chi connectivity index (χ2n) is 7.10. The van der Waals surface area contributed by atoms with Crippen molar-refractivity contribution in [2.45, 2.75) is 32.6 Å². The highest BCUT2D eigenvalue weighted by Gasteiger charge is 2.11. The zero-order valence-electron chi connectivity index (χ0n) is 17.0. The maximum atomic E-state index is 12.1. The molecule has 0 spiro atoms. The van der Waals surface area contributed by atoms with Crippen molar-refractivity contribution in [3.05, 3.63) is 94.0 Å². The molecule has 1 amide bonds. The van der Waals surface area contributed by atoms with E-state index in [4.69, 9.17) is 9.26 Å². The molecule has 2 aromatic carbocycles. The summed E-state index contributed by atoms with van der Waals surface area (Å²) in [5, 5.41) is 10.8. The summed E-state index contributed by atoms with van der Waals surface area (Å²) in [4.78, 5) is 16.5. The third-order valence-corrected chi connectivity index (χ3v) is 5.39. The van der Waals surface area contributed by atoms with Crippen molar-refractivity contribution in [1.82, 2.24) is 15.5 Å². The Balaban J connectivity index is 1.16. The number of aromatic nitrogens is 2. The second kappa shape index (κ2) is 10.7. The largest absolute Gasteiger partial charge is 0.372 e. The molecule has 0 aliphatic heterocycles. The van der Waals surface area contributed by atoms with Crippen LogP contribution in [0.3, 0.4) is 0 Å². The Kier molecular flexibility index (Phi) is 7.20. The summed E-state index contributed by atoms with van der Waals surface area (Å²) in [5.41, 5.74) is 4.23. The van der Waals surface area contributed by atoms with Gasteiger partial charge < -0.3 is 14.6 Å². The quantitative estimate of drug-likeness (QED) is 0.390. The highest BCUT2D eigenvalue weighted by atomic mass is 32.1. The van der Waals surface area contributed by atoms with Crippen LogP contribution in [0.4, 0.5) is 0 Å². The van der Waals surface area contributed by atoms with E-state index in [2.05, 4.69) is 15.5 Å². The first-order chi connectivity index (χ1) is 15.3. The molecule has 6 nitrogen and oxygen atoms in total. The molecule has 4 aromatic rings. The molecule has 0 unspecified atom stereocenters. The number of carbonyl (C=O) groups excluding carboxylic acids is 1. The zero-order chi connectivity index (χ0) is 21.3. The summed E-state index contributed by atoms with van der Waals surface area (Å²) in [6.45, 7) is 1.63. The summed E-state index contributed by atoms with van der Waals surface area (Å²) in [7, 11) is 0. The first-order valence-corrected chi connectivity index (χ1v) is 11.0.